The molecule has 2 aromatic rings. The zero-order chi connectivity index (χ0) is 21.5. The van der Waals surface area contributed by atoms with Gasteiger partial charge in [-0.2, -0.15) is 0 Å². The van der Waals surface area contributed by atoms with Gasteiger partial charge in [0.25, 0.3) is 5.91 Å². The number of carbonyl (C=O) groups is 3. The topological polar surface area (TPSA) is 69.7 Å². The Kier molecular flexibility index (Phi) is 6.87. The molecule has 2 atom stereocenters. The zero-order valence-electron chi connectivity index (χ0n) is 17.0. The highest BCUT2D eigenvalue weighted by atomic mass is 16.2. The number of nitrogens with one attached hydrogen (secondary N) is 1. The molecule has 3 rings (SSSR count). The minimum atomic E-state index is -0.884. The van der Waals surface area contributed by atoms with Gasteiger partial charge in [-0.05, 0) is 23.5 Å². The third kappa shape index (κ3) is 4.87. The second kappa shape index (κ2) is 9.75. The lowest BCUT2D eigenvalue weighted by Gasteiger charge is -2.40. The lowest BCUT2D eigenvalue weighted by atomic mass is 9.97. The van der Waals surface area contributed by atoms with Crippen molar-refractivity contribution in [3.05, 3.63) is 71.8 Å². The molecule has 3 amide bonds. The van der Waals surface area contributed by atoms with Gasteiger partial charge in [0.1, 0.15) is 6.04 Å². The van der Waals surface area contributed by atoms with Gasteiger partial charge in [0.05, 0.1) is 6.04 Å². The van der Waals surface area contributed by atoms with E-state index in [1.165, 1.54) is 4.90 Å². The van der Waals surface area contributed by atoms with Gasteiger partial charge in [-0.25, -0.2) is 0 Å². The fraction of sp³-hybridized carbons (Fsp3) is 0.292. The maximum atomic E-state index is 13.3. The first-order chi connectivity index (χ1) is 14.5. The highest BCUT2D eigenvalue weighted by molar-refractivity contribution is 5.97. The summed E-state index contributed by atoms with van der Waals surface area (Å²) in [5.74, 6) is 1.31. The van der Waals surface area contributed by atoms with Gasteiger partial charge in [-0.15, -0.1) is 6.42 Å². The van der Waals surface area contributed by atoms with Crippen LogP contribution in [0.3, 0.4) is 0 Å². The van der Waals surface area contributed by atoms with Gasteiger partial charge in [0.2, 0.25) is 11.8 Å². The Labute approximate surface area is 176 Å². The molecule has 0 radical (unpaired) electrons. The molecule has 1 aliphatic heterocycles. The molecule has 0 spiro atoms. The highest BCUT2D eigenvalue weighted by Crippen LogP contribution is 2.28. The summed E-state index contributed by atoms with van der Waals surface area (Å²) < 4.78 is 0. The van der Waals surface area contributed by atoms with Crippen molar-refractivity contribution >= 4 is 17.7 Å². The molecular weight excluding hydrogens is 378 g/mol. The second-order valence-electron chi connectivity index (χ2n) is 7.34. The van der Waals surface area contributed by atoms with E-state index in [4.69, 9.17) is 6.42 Å². The Balaban J connectivity index is 1.92. The molecule has 1 heterocycles. The zero-order valence-corrected chi connectivity index (χ0v) is 17.0. The molecule has 2 aromatic carbocycles. The largest absolute Gasteiger partial charge is 0.350 e. The number of hydrogen-bond acceptors (Lipinski definition) is 3. The molecule has 154 valence electrons. The van der Waals surface area contributed by atoms with Crippen LogP contribution in [0.25, 0.3) is 0 Å². The molecule has 2 unspecified atom stereocenters. The van der Waals surface area contributed by atoms with Crippen molar-refractivity contribution in [2.24, 2.45) is 0 Å². The maximum Gasteiger partial charge on any atom is 0.299 e. The molecule has 6 heteroatoms. The van der Waals surface area contributed by atoms with E-state index in [0.717, 1.165) is 5.56 Å². The first-order valence-electron chi connectivity index (χ1n) is 9.90. The van der Waals surface area contributed by atoms with Crippen LogP contribution in [0.15, 0.2) is 60.7 Å². The van der Waals surface area contributed by atoms with Crippen LogP contribution >= 0.6 is 0 Å². The van der Waals surface area contributed by atoms with Crippen molar-refractivity contribution < 1.29 is 14.4 Å². The lowest BCUT2D eigenvalue weighted by Crippen LogP contribution is -2.54. The monoisotopic (exact) mass is 403 g/mol. The number of nitrogens with zero attached hydrogens (tertiary/aromatic N) is 2. The number of amides is 3. The Bertz CT molecular complexity index is 937. The Hall–Kier alpha value is -3.59. The molecule has 0 aromatic heterocycles. The van der Waals surface area contributed by atoms with E-state index in [-0.39, 0.29) is 17.9 Å². The smallest absolute Gasteiger partial charge is 0.299 e. The molecular formula is C24H25N3O3. The van der Waals surface area contributed by atoms with Crippen molar-refractivity contribution in [1.29, 1.82) is 0 Å². The standard InChI is InChI=1S/C24H25N3O3/c1-3-21(28)27(20-14-15-22(29)26(2)17-20)23(19-12-8-5-9-13-19)24(30)25-16-18-10-6-4-7-11-18/h1,4-13,20,23H,14-17H2,2H3,(H,25,30). The van der Waals surface area contributed by atoms with Crippen LogP contribution in [0, 0.1) is 12.3 Å². The van der Waals surface area contributed by atoms with E-state index in [0.29, 0.717) is 31.5 Å². The van der Waals surface area contributed by atoms with Gasteiger partial charge >= 0.3 is 0 Å². The minimum Gasteiger partial charge on any atom is -0.350 e. The Morgan fingerprint density at radius 1 is 1.17 bits per heavy atom. The SMILES string of the molecule is C#CC(=O)N(C1CCC(=O)N(C)C1)C(C(=O)NCc1ccccc1)c1ccccc1. The molecule has 0 bridgehead atoms. The normalized spacial score (nSPS) is 17.0. The molecule has 6 nitrogen and oxygen atoms in total. The number of rotatable bonds is 6. The Morgan fingerprint density at radius 2 is 1.80 bits per heavy atom. The molecule has 1 fully saturated rings. The summed E-state index contributed by atoms with van der Waals surface area (Å²) in [5, 5.41) is 2.93. The number of carbonyl (C=O) groups excluding carboxylic acids is 3. The third-order valence-electron chi connectivity index (χ3n) is 5.30. The summed E-state index contributed by atoms with van der Waals surface area (Å²) in [7, 11) is 1.69. The highest BCUT2D eigenvalue weighted by Gasteiger charge is 2.38. The van der Waals surface area contributed by atoms with Crippen molar-refractivity contribution in [3.8, 4) is 12.3 Å². The number of likely N-dealkylation sites (N-methyl/N-ethyl adjacent to an activating group) is 1. The second-order valence-corrected chi connectivity index (χ2v) is 7.34. The number of terminal acetylenes is 1. The van der Waals surface area contributed by atoms with E-state index in [1.54, 1.807) is 24.1 Å². The molecule has 0 aliphatic carbocycles. The van der Waals surface area contributed by atoms with Crippen molar-refractivity contribution in [2.45, 2.75) is 31.5 Å². The maximum absolute atomic E-state index is 13.3. The molecule has 30 heavy (non-hydrogen) atoms. The van der Waals surface area contributed by atoms with Gasteiger partial charge in [0.15, 0.2) is 0 Å². The fourth-order valence-electron chi connectivity index (χ4n) is 3.74. The lowest BCUT2D eigenvalue weighted by molar-refractivity contribution is -0.144. The van der Waals surface area contributed by atoms with Crippen molar-refractivity contribution in [1.82, 2.24) is 15.1 Å². The molecule has 1 N–H and O–H groups in total. The summed E-state index contributed by atoms with van der Waals surface area (Å²) in [6.07, 6.45) is 6.24. The average Bonchev–Trinajstić information content (AvgIpc) is 2.78. The van der Waals surface area contributed by atoms with Crippen LogP contribution in [0.4, 0.5) is 0 Å². The molecule has 1 saturated heterocycles. The van der Waals surface area contributed by atoms with E-state index in [9.17, 15) is 14.4 Å². The van der Waals surface area contributed by atoms with Crippen LogP contribution in [-0.2, 0) is 20.9 Å². The van der Waals surface area contributed by atoms with Gasteiger partial charge in [-0.1, -0.05) is 60.7 Å². The first kappa shape index (κ1) is 21.1. The number of hydrogen-bond donors (Lipinski definition) is 1. The van der Waals surface area contributed by atoms with Crippen LogP contribution < -0.4 is 5.32 Å². The van der Waals surface area contributed by atoms with Gasteiger partial charge < -0.3 is 15.1 Å². The predicted molar refractivity (Wildman–Crippen MR) is 114 cm³/mol. The van der Waals surface area contributed by atoms with Gasteiger partial charge in [-0.3, -0.25) is 14.4 Å². The van der Waals surface area contributed by atoms with Crippen LogP contribution in [0.1, 0.15) is 30.0 Å². The summed E-state index contributed by atoms with van der Waals surface area (Å²) in [4.78, 5) is 41.1. The third-order valence-corrected chi connectivity index (χ3v) is 5.30. The number of benzene rings is 2. The van der Waals surface area contributed by atoms with Gasteiger partial charge in [0, 0.05) is 26.6 Å². The van der Waals surface area contributed by atoms with E-state index >= 15 is 0 Å². The minimum absolute atomic E-state index is 0.0177. The van der Waals surface area contributed by atoms with Crippen molar-refractivity contribution in [2.75, 3.05) is 13.6 Å². The quantitative estimate of drug-likeness (QED) is 0.752. The average molecular weight is 403 g/mol. The summed E-state index contributed by atoms with van der Waals surface area (Å²) >= 11 is 0. The summed E-state index contributed by atoms with van der Waals surface area (Å²) in [6, 6.07) is 17.4. The van der Waals surface area contributed by atoms with Crippen LogP contribution in [0.2, 0.25) is 0 Å². The molecule has 0 saturated carbocycles. The first-order valence-corrected chi connectivity index (χ1v) is 9.90. The predicted octanol–water partition coefficient (Wildman–Crippen LogP) is 2.13. The van der Waals surface area contributed by atoms with Crippen LogP contribution in [0.5, 0.6) is 0 Å². The number of likely N-dealkylation sites (tertiary alicyclic amines) is 1. The summed E-state index contributed by atoms with van der Waals surface area (Å²) in [5.41, 5.74) is 1.63. The fourth-order valence-corrected chi connectivity index (χ4v) is 3.74. The molecule has 1 aliphatic rings. The van der Waals surface area contributed by atoms with Crippen molar-refractivity contribution in [3.63, 3.8) is 0 Å². The van der Waals surface area contributed by atoms with E-state index in [1.807, 2.05) is 48.5 Å². The van der Waals surface area contributed by atoms with Crippen LogP contribution in [-0.4, -0.2) is 47.2 Å². The Morgan fingerprint density at radius 3 is 2.40 bits per heavy atom. The van der Waals surface area contributed by atoms with E-state index in [2.05, 4.69) is 11.2 Å². The summed E-state index contributed by atoms with van der Waals surface area (Å²) in [6.45, 7) is 0.672. The number of piperidine rings is 1. The van der Waals surface area contributed by atoms with E-state index < -0.39 is 11.9 Å².